The fraction of sp³-hybridized carbons (Fsp3) is 0.231. The van der Waals surface area contributed by atoms with E-state index < -0.39 is 16.0 Å². The van der Waals surface area contributed by atoms with E-state index in [4.69, 9.17) is 16.7 Å². The number of halogens is 1. The summed E-state index contributed by atoms with van der Waals surface area (Å²) in [5, 5.41) is 9.64. The van der Waals surface area contributed by atoms with Crippen molar-refractivity contribution in [2.24, 2.45) is 0 Å². The molecule has 112 valence electrons. The van der Waals surface area contributed by atoms with Crippen molar-refractivity contribution in [1.82, 2.24) is 4.98 Å². The van der Waals surface area contributed by atoms with Crippen LogP contribution in [0.3, 0.4) is 0 Å². The lowest BCUT2D eigenvalue weighted by molar-refractivity contribution is -0.137. The first-order valence-corrected chi connectivity index (χ1v) is 8.17. The molecule has 0 amide bonds. The maximum atomic E-state index is 12.0. The van der Waals surface area contributed by atoms with Gasteiger partial charge >= 0.3 is 5.97 Å². The van der Waals surface area contributed by atoms with Crippen LogP contribution >= 0.6 is 11.6 Å². The third-order valence-electron chi connectivity index (χ3n) is 2.74. The van der Waals surface area contributed by atoms with Gasteiger partial charge in [0.05, 0.1) is 17.0 Å². The van der Waals surface area contributed by atoms with Crippen LogP contribution in [0, 0.1) is 0 Å². The Labute approximate surface area is 126 Å². The number of carboxylic acid groups (broad SMARTS) is 1. The molecule has 0 atom stereocenters. The molecule has 0 unspecified atom stereocenters. The molecule has 1 aromatic heterocycles. The zero-order chi connectivity index (χ0) is 15.5. The molecule has 1 heterocycles. The Kier molecular flexibility index (Phi) is 4.64. The van der Waals surface area contributed by atoms with E-state index in [1.165, 1.54) is 6.07 Å². The molecule has 0 radical (unpaired) electrons. The number of fused-ring (bicyclic) bond motifs is 1. The molecule has 0 saturated carbocycles. The average molecular weight is 329 g/mol. The first-order valence-electron chi connectivity index (χ1n) is 6.14. The number of carboxylic acids is 1. The van der Waals surface area contributed by atoms with Crippen molar-refractivity contribution in [2.45, 2.75) is 12.8 Å². The average Bonchev–Trinajstić information content (AvgIpc) is 2.37. The predicted octanol–water partition coefficient (Wildman–Crippen LogP) is 2.49. The van der Waals surface area contributed by atoms with Crippen molar-refractivity contribution in [3.63, 3.8) is 0 Å². The molecule has 0 bridgehead atoms. The molecule has 0 spiro atoms. The van der Waals surface area contributed by atoms with Crippen molar-refractivity contribution in [2.75, 3.05) is 10.5 Å². The normalized spacial score (nSPS) is 11.5. The molecule has 8 heteroatoms. The predicted molar refractivity (Wildman–Crippen MR) is 81.0 cm³/mol. The third kappa shape index (κ3) is 4.30. The van der Waals surface area contributed by atoms with Gasteiger partial charge in [-0.25, -0.2) is 8.42 Å². The third-order valence-corrected chi connectivity index (χ3v) is 4.31. The second kappa shape index (κ2) is 6.28. The van der Waals surface area contributed by atoms with Crippen LogP contribution in [-0.4, -0.2) is 30.2 Å². The Hall–Kier alpha value is -1.86. The van der Waals surface area contributed by atoms with Crippen molar-refractivity contribution >= 4 is 44.2 Å². The number of aliphatic carboxylic acids is 1. The van der Waals surface area contributed by atoms with Crippen LogP contribution in [0.25, 0.3) is 10.9 Å². The number of rotatable bonds is 6. The number of benzene rings is 1. The van der Waals surface area contributed by atoms with Crippen LogP contribution < -0.4 is 4.72 Å². The molecule has 21 heavy (non-hydrogen) atoms. The summed E-state index contributed by atoms with van der Waals surface area (Å²) < 4.78 is 26.3. The minimum Gasteiger partial charge on any atom is -0.481 e. The number of carbonyl (C=O) groups is 1. The van der Waals surface area contributed by atoms with Crippen LogP contribution in [0.1, 0.15) is 12.8 Å². The van der Waals surface area contributed by atoms with Crippen molar-refractivity contribution in [3.8, 4) is 0 Å². The summed E-state index contributed by atoms with van der Waals surface area (Å²) in [4.78, 5) is 14.6. The molecular formula is C13H13ClN2O4S. The number of pyridine rings is 1. The lowest BCUT2D eigenvalue weighted by atomic mass is 10.2. The first-order chi connectivity index (χ1) is 9.87. The molecule has 0 aliphatic carbocycles. The monoisotopic (exact) mass is 328 g/mol. The maximum Gasteiger partial charge on any atom is 0.303 e. The Bertz CT molecular complexity index is 777. The first kappa shape index (κ1) is 15.5. The Morgan fingerprint density at radius 3 is 2.86 bits per heavy atom. The lowest BCUT2D eigenvalue weighted by Gasteiger charge is -2.10. The molecular weight excluding hydrogens is 316 g/mol. The van der Waals surface area contributed by atoms with Gasteiger partial charge in [0.25, 0.3) is 0 Å². The van der Waals surface area contributed by atoms with Gasteiger partial charge in [-0.15, -0.1) is 0 Å². The number of sulfonamides is 1. The largest absolute Gasteiger partial charge is 0.481 e. The van der Waals surface area contributed by atoms with E-state index in [0.29, 0.717) is 15.9 Å². The van der Waals surface area contributed by atoms with Gasteiger partial charge in [-0.1, -0.05) is 17.7 Å². The van der Waals surface area contributed by atoms with Crippen molar-refractivity contribution in [1.29, 1.82) is 0 Å². The van der Waals surface area contributed by atoms with Gasteiger partial charge in [0.2, 0.25) is 10.0 Å². The van der Waals surface area contributed by atoms with Crippen LogP contribution in [0.15, 0.2) is 30.5 Å². The zero-order valence-corrected chi connectivity index (χ0v) is 12.5. The van der Waals surface area contributed by atoms with E-state index in [0.717, 1.165) is 0 Å². The van der Waals surface area contributed by atoms with Crippen molar-refractivity contribution < 1.29 is 18.3 Å². The summed E-state index contributed by atoms with van der Waals surface area (Å²) >= 11 is 5.96. The molecule has 0 saturated heterocycles. The molecule has 0 aliphatic rings. The molecule has 2 N–H and O–H groups in total. The van der Waals surface area contributed by atoms with Gasteiger partial charge in [-0.2, -0.15) is 0 Å². The van der Waals surface area contributed by atoms with Crippen LogP contribution in [-0.2, 0) is 14.8 Å². The lowest BCUT2D eigenvalue weighted by Crippen LogP contribution is -2.17. The Morgan fingerprint density at radius 2 is 2.14 bits per heavy atom. The standard InChI is InChI=1S/C13H13ClN2O4S/c14-10-7-9-3-1-5-15-13(9)11(8-10)16-21(19,20)6-2-4-12(17)18/h1,3,5,7-8,16H,2,4,6H2,(H,17,18). The number of aromatic nitrogens is 1. The number of nitrogens with one attached hydrogen (secondary N) is 1. The van der Waals surface area contributed by atoms with E-state index in [9.17, 15) is 13.2 Å². The highest BCUT2D eigenvalue weighted by molar-refractivity contribution is 7.92. The maximum absolute atomic E-state index is 12.0. The number of nitrogens with zero attached hydrogens (tertiary/aromatic N) is 1. The highest BCUT2D eigenvalue weighted by Crippen LogP contribution is 2.27. The van der Waals surface area contributed by atoms with E-state index >= 15 is 0 Å². The molecule has 2 aromatic rings. The van der Waals surface area contributed by atoms with Gasteiger partial charge in [-0.05, 0) is 24.6 Å². The molecule has 1 aromatic carbocycles. The minimum atomic E-state index is -3.65. The van der Waals surface area contributed by atoms with E-state index in [2.05, 4.69) is 9.71 Å². The SMILES string of the molecule is O=C(O)CCCS(=O)(=O)Nc1cc(Cl)cc2cccnc12. The highest BCUT2D eigenvalue weighted by atomic mass is 35.5. The van der Waals surface area contributed by atoms with Gasteiger partial charge in [0, 0.05) is 23.0 Å². The van der Waals surface area contributed by atoms with Crippen LogP contribution in [0.4, 0.5) is 5.69 Å². The molecule has 6 nitrogen and oxygen atoms in total. The Balaban J connectivity index is 2.24. The summed E-state index contributed by atoms with van der Waals surface area (Å²) in [6.07, 6.45) is 1.39. The number of hydrogen-bond acceptors (Lipinski definition) is 4. The fourth-order valence-electron chi connectivity index (χ4n) is 1.87. The van der Waals surface area contributed by atoms with Crippen LogP contribution in [0.2, 0.25) is 5.02 Å². The Morgan fingerprint density at radius 1 is 1.38 bits per heavy atom. The van der Waals surface area contributed by atoms with Crippen molar-refractivity contribution in [3.05, 3.63) is 35.5 Å². The zero-order valence-electron chi connectivity index (χ0n) is 10.9. The quantitative estimate of drug-likeness (QED) is 0.849. The number of anilines is 1. The van der Waals surface area contributed by atoms with Crippen LogP contribution in [0.5, 0.6) is 0 Å². The summed E-state index contributed by atoms with van der Waals surface area (Å²) in [7, 11) is -3.65. The van der Waals surface area contributed by atoms with Gasteiger partial charge in [-0.3, -0.25) is 14.5 Å². The molecule has 0 fully saturated rings. The summed E-state index contributed by atoms with van der Waals surface area (Å²) in [6, 6.07) is 6.66. The fourth-order valence-corrected chi connectivity index (χ4v) is 3.21. The molecule has 2 rings (SSSR count). The van der Waals surface area contributed by atoms with Gasteiger partial charge in [0.1, 0.15) is 0 Å². The van der Waals surface area contributed by atoms with Gasteiger partial charge < -0.3 is 5.11 Å². The minimum absolute atomic E-state index is 0.0383. The summed E-state index contributed by atoms with van der Waals surface area (Å²) in [6.45, 7) is 0. The highest BCUT2D eigenvalue weighted by Gasteiger charge is 2.14. The van der Waals surface area contributed by atoms with E-state index in [1.807, 2.05) is 0 Å². The molecule has 0 aliphatic heterocycles. The number of hydrogen-bond donors (Lipinski definition) is 2. The second-order valence-electron chi connectivity index (χ2n) is 4.45. The summed E-state index contributed by atoms with van der Waals surface area (Å²) in [5.74, 6) is -1.31. The topological polar surface area (TPSA) is 96.4 Å². The van der Waals surface area contributed by atoms with Gasteiger partial charge in [0.15, 0.2) is 0 Å². The summed E-state index contributed by atoms with van der Waals surface area (Å²) in [5.41, 5.74) is 0.775. The second-order valence-corrected chi connectivity index (χ2v) is 6.73. The smallest absolute Gasteiger partial charge is 0.303 e. The van der Waals surface area contributed by atoms with E-state index in [-0.39, 0.29) is 24.3 Å². The van der Waals surface area contributed by atoms with E-state index in [1.54, 1.807) is 24.4 Å².